The van der Waals surface area contributed by atoms with Crippen LogP contribution in [0.1, 0.15) is 29.7 Å². The predicted octanol–water partition coefficient (Wildman–Crippen LogP) is 5.39. The lowest BCUT2D eigenvalue weighted by Gasteiger charge is -2.26. The predicted molar refractivity (Wildman–Crippen MR) is 143 cm³/mol. The van der Waals surface area contributed by atoms with E-state index in [4.69, 9.17) is 30.5 Å². The first-order valence-electron chi connectivity index (χ1n) is 11.9. The van der Waals surface area contributed by atoms with E-state index in [0.717, 1.165) is 5.56 Å². The second-order valence-corrected chi connectivity index (χ2v) is 8.87. The van der Waals surface area contributed by atoms with E-state index in [2.05, 4.69) is 0 Å². The Morgan fingerprint density at radius 1 is 0.921 bits per heavy atom. The van der Waals surface area contributed by atoms with Gasteiger partial charge in [0.05, 0.1) is 50.1 Å². The molecule has 0 radical (unpaired) electrons. The standard InChI is InChI=1S/C29H28ClNO7/c1-5-38-20-8-6-7-18(13-20)26-25(27(32)21-14-22(30)24(37-4)15-23(21)36-3)28(33)29(34)31(26)16-17-9-11-19(35-2)12-10-17/h6-15,26,32H,5,16H2,1-4H3/b27-25+. The lowest BCUT2D eigenvalue weighted by Crippen LogP contribution is -2.29. The highest BCUT2D eigenvalue weighted by atomic mass is 35.5. The number of carbonyl (C=O) groups is 2. The lowest BCUT2D eigenvalue weighted by molar-refractivity contribution is -0.140. The van der Waals surface area contributed by atoms with Gasteiger partial charge in [-0.2, -0.15) is 0 Å². The highest BCUT2D eigenvalue weighted by molar-refractivity contribution is 6.46. The first kappa shape index (κ1) is 26.9. The number of rotatable bonds is 9. The van der Waals surface area contributed by atoms with Crippen molar-refractivity contribution in [2.24, 2.45) is 0 Å². The van der Waals surface area contributed by atoms with Gasteiger partial charge >= 0.3 is 0 Å². The Morgan fingerprint density at radius 3 is 2.26 bits per heavy atom. The lowest BCUT2D eigenvalue weighted by atomic mass is 9.94. The quantitative estimate of drug-likeness (QED) is 0.222. The average Bonchev–Trinajstić information content (AvgIpc) is 3.18. The van der Waals surface area contributed by atoms with E-state index >= 15 is 0 Å². The molecule has 1 N–H and O–H groups in total. The molecule has 0 spiro atoms. The van der Waals surface area contributed by atoms with Gasteiger partial charge in [-0.3, -0.25) is 9.59 Å². The molecule has 0 bridgehead atoms. The number of ether oxygens (including phenoxy) is 4. The van der Waals surface area contributed by atoms with E-state index < -0.39 is 23.5 Å². The number of halogens is 1. The summed E-state index contributed by atoms with van der Waals surface area (Å²) in [5.74, 6) is -0.170. The molecule has 1 fully saturated rings. The van der Waals surface area contributed by atoms with Crippen molar-refractivity contribution in [2.45, 2.75) is 19.5 Å². The largest absolute Gasteiger partial charge is 0.507 e. The van der Waals surface area contributed by atoms with E-state index in [1.165, 1.54) is 31.3 Å². The first-order chi connectivity index (χ1) is 18.3. The van der Waals surface area contributed by atoms with E-state index in [1.54, 1.807) is 43.5 Å². The zero-order chi connectivity index (χ0) is 27.4. The van der Waals surface area contributed by atoms with Gasteiger partial charge in [0.25, 0.3) is 11.7 Å². The third-order valence-electron chi connectivity index (χ3n) is 6.27. The van der Waals surface area contributed by atoms with Crippen molar-refractivity contribution in [1.29, 1.82) is 0 Å². The van der Waals surface area contributed by atoms with Crippen LogP contribution in [0.15, 0.2) is 66.2 Å². The smallest absolute Gasteiger partial charge is 0.295 e. The minimum absolute atomic E-state index is 0.0864. The molecule has 198 valence electrons. The molecular weight excluding hydrogens is 510 g/mol. The summed E-state index contributed by atoms with van der Waals surface area (Å²) in [4.78, 5) is 28.3. The van der Waals surface area contributed by atoms with Gasteiger partial charge in [-0.1, -0.05) is 35.9 Å². The number of aliphatic hydroxyl groups excluding tert-OH is 1. The number of nitrogens with zero attached hydrogens (tertiary/aromatic N) is 1. The summed E-state index contributed by atoms with van der Waals surface area (Å²) in [5.41, 5.74) is 1.45. The Balaban J connectivity index is 1.90. The summed E-state index contributed by atoms with van der Waals surface area (Å²) >= 11 is 6.34. The van der Waals surface area contributed by atoms with E-state index in [0.29, 0.717) is 29.4 Å². The van der Waals surface area contributed by atoms with Crippen LogP contribution in [0.5, 0.6) is 23.0 Å². The highest BCUT2D eigenvalue weighted by Crippen LogP contribution is 2.44. The maximum absolute atomic E-state index is 13.5. The fourth-order valence-corrected chi connectivity index (χ4v) is 4.69. The molecule has 1 unspecified atom stereocenters. The number of aliphatic hydroxyl groups is 1. The van der Waals surface area contributed by atoms with Gasteiger partial charge in [0.1, 0.15) is 28.8 Å². The Morgan fingerprint density at radius 2 is 1.63 bits per heavy atom. The number of ketones is 1. The van der Waals surface area contributed by atoms with Crippen molar-refractivity contribution in [3.63, 3.8) is 0 Å². The van der Waals surface area contributed by atoms with E-state index in [1.807, 2.05) is 19.1 Å². The highest BCUT2D eigenvalue weighted by Gasteiger charge is 2.46. The minimum atomic E-state index is -0.900. The molecule has 1 saturated heterocycles. The number of hydrogen-bond donors (Lipinski definition) is 1. The van der Waals surface area contributed by atoms with E-state index in [9.17, 15) is 14.7 Å². The molecule has 9 heteroatoms. The summed E-state index contributed by atoms with van der Waals surface area (Å²) in [6.45, 7) is 2.43. The number of methoxy groups -OCH3 is 3. The number of likely N-dealkylation sites (tertiary alicyclic amines) is 1. The van der Waals surface area contributed by atoms with E-state index in [-0.39, 0.29) is 28.5 Å². The second kappa shape index (κ2) is 11.5. The summed E-state index contributed by atoms with van der Waals surface area (Å²) in [6.07, 6.45) is 0. The maximum atomic E-state index is 13.5. The number of Topliss-reactive ketones (excluding diaryl/α,β-unsaturated/α-hetero) is 1. The van der Waals surface area contributed by atoms with Gasteiger partial charge in [-0.25, -0.2) is 0 Å². The van der Waals surface area contributed by atoms with Gasteiger partial charge in [0.15, 0.2) is 0 Å². The molecule has 0 saturated carbocycles. The molecule has 1 atom stereocenters. The molecule has 38 heavy (non-hydrogen) atoms. The van der Waals surface area contributed by atoms with Gasteiger partial charge < -0.3 is 29.0 Å². The van der Waals surface area contributed by atoms with Gasteiger partial charge in [0.2, 0.25) is 0 Å². The summed E-state index contributed by atoms with van der Waals surface area (Å²) in [7, 11) is 4.44. The second-order valence-electron chi connectivity index (χ2n) is 8.47. The van der Waals surface area contributed by atoms with Gasteiger partial charge in [-0.15, -0.1) is 0 Å². The van der Waals surface area contributed by atoms with Crippen LogP contribution in [0.2, 0.25) is 5.02 Å². The Hall–Kier alpha value is -4.17. The van der Waals surface area contributed by atoms with Crippen LogP contribution in [0.3, 0.4) is 0 Å². The first-order valence-corrected chi connectivity index (χ1v) is 12.3. The van der Waals surface area contributed by atoms with Gasteiger partial charge in [0, 0.05) is 12.6 Å². The van der Waals surface area contributed by atoms with Crippen molar-refractivity contribution in [1.82, 2.24) is 4.90 Å². The molecule has 1 aliphatic heterocycles. The van der Waals surface area contributed by atoms with Crippen molar-refractivity contribution in [2.75, 3.05) is 27.9 Å². The van der Waals surface area contributed by atoms with Crippen molar-refractivity contribution in [3.8, 4) is 23.0 Å². The Labute approximate surface area is 225 Å². The fraction of sp³-hybridized carbons (Fsp3) is 0.241. The molecule has 1 aliphatic rings. The SMILES string of the molecule is CCOc1cccc(C2/C(=C(\O)c3cc(Cl)c(OC)cc3OC)C(=O)C(=O)N2Cc2ccc(OC)cc2)c1. The molecule has 4 rings (SSSR count). The molecule has 3 aromatic rings. The Bertz CT molecular complexity index is 1380. The minimum Gasteiger partial charge on any atom is -0.507 e. The monoisotopic (exact) mass is 537 g/mol. The van der Waals surface area contributed by atoms with Crippen LogP contribution < -0.4 is 18.9 Å². The third kappa shape index (κ3) is 5.13. The topological polar surface area (TPSA) is 94.5 Å². The molecule has 0 aliphatic carbocycles. The van der Waals surface area contributed by atoms with Gasteiger partial charge in [-0.05, 0) is 48.4 Å². The Kier molecular flexibility index (Phi) is 8.12. The zero-order valence-electron chi connectivity index (χ0n) is 21.5. The number of hydrogen-bond acceptors (Lipinski definition) is 7. The molecule has 0 aromatic heterocycles. The van der Waals surface area contributed by atoms with Crippen LogP contribution in [0.4, 0.5) is 0 Å². The van der Waals surface area contributed by atoms with Crippen LogP contribution in [-0.2, 0) is 16.1 Å². The number of amides is 1. The van der Waals surface area contributed by atoms with Crippen LogP contribution >= 0.6 is 11.6 Å². The molecule has 1 amide bonds. The van der Waals surface area contributed by atoms with Crippen molar-refractivity contribution >= 4 is 29.1 Å². The zero-order valence-corrected chi connectivity index (χ0v) is 22.2. The molecular formula is C29H28ClNO7. The number of carbonyl (C=O) groups excluding carboxylic acids is 2. The van der Waals surface area contributed by atoms with Crippen LogP contribution in [0.25, 0.3) is 5.76 Å². The molecule has 3 aromatic carbocycles. The normalized spacial score (nSPS) is 16.4. The summed E-state index contributed by atoms with van der Waals surface area (Å²) in [5, 5.41) is 11.7. The molecule has 8 nitrogen and oxygen atoms in total. The van der Waals surface area contributed by atoms with Crippen molar-refractivity contribution < 1.29 is 33.6 Å². The third-order valence-corrected chi connectivity index (χ3v) is 6.56. The number of benzene rings is 3. The average molecular weight is 538 g/mol. The summed E-state index contributed by atoms with van der Waals surface area (Å²) < 4.78 is 21.6. The fourth-order valence-electron chi connectivity index (χ4n) is 4.45. The van der Waals surface area contributed by atoms with Crippen molar-refractivity contribution in [3.05, 3.63) is 87.9 Å². The summed E-state index contributed by atoms with van der Waals surface area (Å²) in [6, 6.07) is 16.3. The molecule has 1 heterocycles. The maximum Gasteiger partial charge on any atom is 0.295 e. The van der Waals surface area contributed by atoms with Crippen LogP contribution in [0, 0.1) is 0 Å². The van der Waals surface area contributed by atoms with Crippen LogP contribution in [-0.4, -0.2) is 49.6 Å².